The van der Waals surface area contributed by atoms with Gasteiger partial charge < -0.3 is 9.42 Å². The van der Waals surface area contributed by atoms with Gasteiger partial charge in [0.25, 0.3) is 0 Å². The van der Waals surface area contributed by atoms with E-state index < -0.39 is 19.0 Å². The molecular formula is C10H12BrClNO5P. The van der Waals surface area contributed by atoms with Crippen LogP contribution in [0.5, 0.6) is 0 Å². The number of halogens is 2. The molecule has 19 heavy (non-hydrogen) atoms. The first-order valence-corrected chi connectivity index (χ1v) is 8.37. The van der Waals surface area contributed by atoms with E-state index in [-0.39, 0.29) is 0 Å². The summed E-state index contributed by atoms with van der Waals surface area (Å²) in [5.74, 6) is -0.967. The predicted octanol–water partition coefficient (Wildman–Crippen LogP) is 3.09. The van der Waals surface area contributed by atoms with Gasteiger partial charge in [0.1, 0.15) is 0 Å². The molecule has 0 saturated heterocycles. The highest BCUT2D eigenvalue weighted by Crippen LogP contribution is 2.48. The number of carbonyl (C=O) groups excluding carboxylic acids is 1. The number of hydroxylamine groups is 1. The third-order valence-corrected chi connectivity index (χ3v) is 3.31. The lowest BCUT2D eigenvalue weighted by molar-refractivity contribution is -0.137. The molecule has 1 rings (SSSR count). The van der Waals surface area contributed by atoms with Crippen molar-refractivity contribution in [3.63, 3.8) is 0 Å². The Morgan fingerprint density at radius 1 is 1.47 bits per heavy atom. The van der Waals surface area contributed by atoms with Crippen LogP contribution in [0.1, 0.15) is 6.92 Å². The molecule has 106 valence electrons. The van der Waals surface area contributed by atoms with Crippen molar-refractivity contribution in [2.45, 2.75) is 13.0 Å². The monoisotopic (exact) mass is 371 g/mol. The topological polar surface area (TPSA) is 76.1 Å². The first-order valence-electron chi connectivity index (χ1n) is 5.09. The number of nitrogens with zero attached hydrogens (tertiary/aromatic N) is 1. The van der Waals surface area contributed by atoms with E-state index in [1.807, 2.05) is 0 Å². The Balaban J connectivity index is 2.88. The molecule has 0 amide bonds. The average Bonchev–Trinajstić information content (AvgIpc) is 2.30. The van der Waals surface area contributed by atoms with Gasteiger partial charge in [0.15, 0.2) is 6.04 Å². The Labute approximate surface area is 123 Å². The van der Waals surface area contributed by atoms with Crippen molar-refractivity contribution in [1.82, 2.24) is 0 Å². The molecule has 0 aliphatic rings. The Hall–Kier alpha value is -0.590. The molecule has 0 radical (unpaired) electrons. The summed E-state index contributed by atoms with van der Waals surface area (Å²) in [7, 11) is 1.37. The van der Waals surface area contributed by atoms with Crippen LogP contribution in [0.4, 0.5) is 5.69 Å². The summed E-state index contributed by atoms with van der Waals surface area (Å²) < 4.78 is 15.9. The lowest BCUT2D eigenvalue weighted by Gasteiger charge is -2.27. The smallest absolute Gasteiger partial charge is 0.379 e. The quantitative estimate of drug-likeness (QED) is 0.632. The molecule has 1 unspecified atom stereocenters. The first-order chi connectivity index (χ1) is 8.74. The molecule has 1 aromatic carbocycles. The molecule has 2 atom stereocenters. The van der Waals surface area contributed by atoms with Crippen molar-refractivity contribution in [3.05, 3.63) is 28.7 Å². The van der Waals surface area contributed by atoms with Crippen LogP contribution >= 0.6 is 34.1 Å². The number of benzene rings is 1. The van der Waals surface area contributed by atoms with Gasteiger partial charge in [-0.3, -0.25) is 4.84 Å². The summed E-state index contributed by atoms with van der Waals surface area (Å²) in [5, 5.41) is 1.24. The van der Waals surface area contributed by atoms with Crippen molar-refractivity contribution in [3.8, 4) is 0 Å². The highest BCUT2D eigenvalue weighted by atomic mass is 79.9. The minimum absolute atomic E-state index is 0.581. The van der Waals surface area contributed by atoms with Crippen LogP contribution in [0.25, 0.3) is 0 Å². The van der Waals surface area contributed by atoms with Crippen LogP contribution in [-0.4, -0.2) is 24.0 Å². The van der Waals surface area contributed by atoms with Crippen molar-refractivity contribution in [2.75, 3.05) is 12.2 Å². The Bertz CT molecular complexity index is 491. The van der Waals surface area contributed by atoms with Crippen molar-refractivity contribution >= 4 is 45.8 Å². The van der Waals surface area contributed by atoms with E-state index in [0.29, 0.717) is 5.69 Å². The summed E-state index contributed by atoms with van der Waals surface area (Å²) in [6.45, 7) is -2.93. The molecule has 0 fully saturated rings. The molecule has 0 aliphatic heterocycles. The third kappa shape index (κ3) is 5.12. The van der Waals surface area contributed by atoms with Gasteiger partial charge in [-0.2, -0.15) is 0 Å². The Morgan fingerprint density at radius 3 is 2.42 bits per heavy atom. The number of carbonyl (C=O) groups is 1. The minimum Gasteiger partial charge on any atom is -0.379 e. The molecule has 1 N–H and O–H groups in total. The number of rotatable bonds is 5. The SMILES string of the molecule is CON(c1ccc(Br)cc1)[C@@H](C)C(=O)OP(=O)(O)Cl. The van der Waals surface area contributed by atoms with Gasteiger partial charge in [-0.15, -0.1) is 0 Å². The van der Waals surface area contributed by atoms with Gasteiger partial charge in [0, 0.05) is 15.7 Å². The van der Waals surface area contributed by atoms with Crippen molar-refractivity contribution in [1.29, 1.82) is 0 Å². The van der Waals surface area contributed by atoms with Gasteiger partial charge in [0.2, 0.25) is 0 Å². The molecule has 0 saturated carbocycles. The molecule has 1 aromatic rings. The maximum atomic E-state index is 11.6. The fourth-order valence-corrected chi connectivity index (χ4v) is 2.20. The highest BCUT2D eigenvalue weighted by Gasteiger charge is 2.29. The van der Waals surface area contributed by atoms with Gasteiger partial charge in [0.05, 0.1) is 12.8 Å². The van der Waals surface area contributed by atoms with Crippen LogP contribution in [-0.2, 0) is 18.7 Å². The van der Waals surface area contributed by atoms with E-state index in [1.54, 1.807) is 24.3 Å². The van der Waals surface area contributed by atoms with Crippen LogP contribution in [0.3, 0.4) is 0 Å². The fourth-order valence-electron chi connectivity index (χ4n) is 1.36. The Kier molecular flexibility index (Phi) is 5.82. The van der Waals surface area contributed by atoms with Crippen LogP contribution in [0.2, 0.25) is 0 Å². The summed E-state index contributed by atoms with van der Waals surface area (Å²) in [5.41, 5.74) is 0.581. The van der Waals surface area contributed by atoms with E-state index in [1.165, 1.54) is 19.1 Å². The zero-order valence-corrected chi connectivity index (χ0v) is 13.4. The average molecular weight is 373 g/mol. The molecule has 6 nitrogen and oxygen atoms in total. The second-order valence-corrected chi connectivity index (χ2v) is 6.81. The third-order valence-electron chi connectivity index (χ3n) is 2.17. The van der Waals surface area contributed by atoms with Gasteiger partial charge in [-0.05, 0) is 31.2 Å². The predicted molar refractivity (Wildman–Crippen MR) is 74.9 cm³/mol. The van der Waals surface area contributed by atoms with E-state index in [4.69, 9.17) is 21.0 Å². The zero-order chi connectivity index (χ0) is 14.6. The molecule has 0 spiro atoms. The number of hydrogen-bond donors (Lipinski definition) is 1. The standard InChI is InChI=1S/C10H12BrClNO5P/c1-7(10(14)18-19(12,15)16)13(17-2)9-5-3-8(11)4-6-9/h3-7H,1-2H3,(H,15,16)/t7-/m0/s1. The summed E-state index contributed by atoms with van der Waals surface area (Å²) in [4.78, 5) is 25.5. The highest BCUT2D eigenvalue weighted by molar-refractivity contribution is 9.10. The van der Waals surface area contributed by atoms with Crippen LogP contribution in [0.15, 0.2) is 28.7 Å². The second kappa shape index (κ2) is 6.72. The zero-order valence-electron chi connectivity index (χ0n) is 10.1. The van der Waals surface area contributed by atoms with Crippen LogP contribution < -0.4 is 5.06 Å². The summed E-state index contributed by atoms with van der Waals surface area (Å²) >= 11 is 8.27. The molecule has 0 aliphatic carbocycles. The van der Waals surface area contributed by atoms with Crippen molar-refractivity contribution < 1.29 is 23.6 Å². The first kappa shape index (κ1) is 16.5. The van der Waals surface area contributed by atoms with E-state index in [0.717, 1.165) is 4.47 Å². The van der Waals surface area contributed by atoms with Crippen LogP contribution in [0, 0.1) is 0 Å². The number of anilines is 1. The largest absolute Gasteiger partial charge is 0.476 e. The maximum absolute atomic E-state index is 11.6. The maximum Gasteiger partial charge on any atom is 0.476 e. The fraction of sp³-hybridized carbons (Fsp3) is 0.300. The molecule has 0 heterocycles. The summed E-state index contributed by atoms with van der Waals surface area (Å²) in [6, 6.07) is 5.99. The minimum atomic E-state index is -4.39. The van der Waals surface area contributed by atoms with E-state index >= 15 is 0 Å². The summed E-state index contributed by atoms with van der Waals surface area (Å²) in [6.07, 6.45) is 0. The van der Waals surface area contributed by atoms with Crippen molar-refractivity contribution in [2.24, 2.45) is 0 Å². The molecule has 0 bridgehead atoms. The molecule has 9 heteroatoms. The second-order valence-electron chi connectivity index (χ2n) is 3.52. The van der Waals surface area contributed by atoms with E-state index in [2.05, 4.69) is 20.5 Å². The molecular weight excluding hydrogens is 360 g/mol. The molecule has 0 aromatic heterocycles. The lowest BCUT2D eigenvalue weighted by Crippen LogP contribution is -2.39. The van der Waals surface area contributed by atoms with Gasteiger partial charge in [-0.25, -0.2) is 14.4 Å². The van der Waals surface area contributed by atoms with Gasteiger partial charge in [-0.1, -0.05) is 15.9 Å². The van der Waals surface area contributed by atoms with Gasteiger partial charge >= 0.3 is 12.9 Å². The Morgan fingerprint density at radius 2 is 2.00 bits per heavy atom. The lowest BCUT2D eigenvalue weighted by atomic mass is 10.2. The van der Waals surface area contributed by atoms with E-state index in [9.17, 15) is 9.36 Å². The number of hydrogen-bond acceptors (Lipinski definition) is 5. The normalized spacial score (nSPS) is 15.4.